The maximum atomic E-state index is 11.3. The summed E-state index contributed by atoms with van der Waals surface area (Å²) in [7, 11) is 0. The number of aromatic amines is 1. The van der Waals surface area contributed by atoms with Crippen LogP contribution in [0, 0.1) is 5.92 Å². The smallest absolute Gasteiger partial charge is 0.210 e. The monoisotopic (exact) mass is 241 g/mol. The Morgan fingerprint density at radius 2 is 2.22 bits per heavy atom. The van der Waals surface area contributed by atoms with Gasteiger partial charge in [-0.15, -0.1) is 0 Å². The van der Waals surface area contributed by atoms with Crippen LogP contribution in [-0.2, 0) is 4.79 Å². The minimum atomic E-state index is 0.161. The molecule has 2 aromatic rings. The van der Waals surface area contributed by atoms with E-state index in [2.05, 4.69) is 9.97 Å². The molecule has 0 spiro atoms. The van der Waals surface area contributed by atoms with Gasteiger partial charge >= 0.3 is 0 Å². The Kier molecular flexibility index (Phi) is 2.01. The first-order chi connectivity index (χ1) is 8.86. The quantitative estimate of drug-likeness (QED) is 0.820. The molecule has 2 bridgehead atoms. The van der Waals surface area contributed by atoms with Gasteiger partial charge in [0.2, 0.25) is 6.41 Å². The Morgan fingerprint density at radius 3 is 3.06 bits per heavy atom. The molecule has 3 atom stereocenters. The molecule has 1 aromatic heterocycles. The number of likely N-dealkylation sites (tertiary alicyclic amines) is 1. The number of hydrogen-bond donors (Lipinski definition) is 1. The second-order valence-electron chi connectivity index (χ2n) is 5.36. The van der Waals surface area contributed by atoms with Crippen molar-refractivity contribution in [2.45, 2.75) is 31.3 Å². The standard InChI is InChI=1S/C14H15N3O/c18-8-17-10-6-5-9(7-10)13(17)14-15-11-3-1-2-4-12(11)16-14/h1-4,8-10,13H,5-7H2,(H,15,16). The number of imidazole rings is 1. The van der Waals surface area contributed by atoms with Gasteiger partial charge in [-0.1, -0.05) is 12.1 Å². The van der Waals surface area contributed by atoms with E-state index in [1.54, 1.807) is 0 Å². The van der Waals surface area contributed by atoms with Gasteiger partial charge in [0.05, 0.1) is 17.1 Å². The van der Waals surface area contributed by atoms with Crippen LogP contribution in [-0.4, -0.2) is 27.3 Å². The Morgan fingerprint density at radius 1 is 1.33 bits per heavy atom. The van der Waals surface area contributed by atoms with E-state index in [9.17, 15) is 4.79 Å². The molecule has 1 aliphatic heterocycles. The number of nitrogens with one attached hydrogen (secondary N) is 1. The summed E-state index contributed by atoms with van der Waals surface area (Å²) in [5, 5.41) is 0. The zero-order valence-corrected chi connectivity index (χ0v) is 10.0. The molecule has 1 aromatic carbocycles. The summed E-state index contributed by atoms with van der Waals surface area (Å²) in [6.07, 6.45) is 4.51. The van der Waals surface area contributed by atoms with Gasteiger partial charge in [0.15, 0.2) is 0 Å². The van der Waals surface area contributed by atoms with Gasteiger partial charge in [0, 0.05) is 6.04 Å². The number of piperidine rings is 1. The number of rotatable bonds is 2. The maximum absolute atomic E-state index is 11.3. The number of aromatic nitrogens is 2. The van der Waals surface area contributed by atoms with Gasteiger partial charge in [-0.05, 0) is 37.3 Å². The molecule has 2 heterocycles. The van der Waals surface area contributed by atoms with Crippen LogP contribution in [0.2, 0.25) is 0 Å². The van der Waals surface area contributed by atoms with Gasteiger partial charge in [0.25, 0.3) is 0 Å². The van der Waals surface area contributed by atoms with E-state index in [1.165, 1.54) is 6.42 Å². The SMILES string of the molecule is O=CN1C2CCC(C2)C1c1nc2ccccc2[nH]1. The number of nitrogens with zero attached hydrogens (tertiary/aromatic N) is 2. The molecule has 0 radical (unpaired) electrons. The minimum Gasteiger partial charge on any atom is -0.340 e. The molecular weight excluding hydrogens is 226 g/mol. The Labute approximate surface area is 105 Å². The molecule has 2 aliphatic rings. The number of para-hydroxylation sites is 2. The van der Waals surface area contributed by atoms with Crippen LogP contribution in [0.15, 0.2) is 24.3 Å². The normalized spacial score (nSPS) is 30.2. The van der Waals surface area contributed by atoms with Crippen molar-refractivity contribution in [1.82, 2.24) is 14.9 Å². The molecule has 2 fully saturated rings. The van der Waals surface area contributed by atoms with Crippen LogP contribution in [0.5, 0.6) is 0 Å². The first kappa shape index (κ1) is 10.1. The summed E-state index contributed by atoms with van der Waals surface area (Å²) in [6, 6.07) is 8.63. The molecule has 1 amide bonds. The fourth-order valence-corrected chi connectivity index (χ4v) is 3.65. The van der Waals surface area contributed by atoms with Crippen molar-refractivity contribution < 1.29 is 4.79 Å². The summed E-state index contributed by atoms with van der Waals surface area (Å²) < 4.78 is 0. The van der Waals surface area contributed by atoms with E-state index in [0.717, 1.165) is 36.1 Å². The van der Waals surface area contributed by atoms with Crippen molar-refractivity contribution >= 4 is 17.4 Å². The predicted octanol–water partition coefficient (Wildman–Crippen LogP) is 2.24. The molecule has 1 saturated carbocycles. The summed E-state index contributed by atoms with van der Waals surface area (Å²) in [5.74, 6) is 1.54. The molecule has 18 heavy (non-hydrogen) atoms. The van der Waals surface area contributed by atoms with Gasteiger partial charge < -0.3 is 9.88 Å². The number of carbonyl (C=O) groups is 1. The van der Waals surface area contributed by atoms with Gasteiger partial charge in [-0.25, -0.2) is 4.98 Å². The highest BCUT2D eigenvalue weighted by Gasteiger charge is 2.47. The predicted molar refractivity (Wildman–Crippen MR) is 67.9 cm³/mol. The van der Waals surface area contributed by atoms with Crippen molar-refractivity contribution in [1.29, 1.82) is 0 Å². The molecule has 4 heteroatoms. The lowest BCUT2D eigenvalue weighted by Crippen LogP contribution is -2.34. The largest absolute Gasteiger partial charge is 0.340 e. The fourth-order valence-electron chi connectivity index (χ4n) is 3.65. The van der Waals surface area contributed by atoms with E-state index >= 15 is 0 Å². The number of benzene rings is 1. The highest BCUT2D eigenvalue weighted by molar-refractivity contribution is 5.75. The lowest BCUT2D eigenvalue weighted by Gasteiger charge is -2.30. The third-order valence-corrected chi connectivity index (χ3v) is 4.44. The zero-order valence-electron chi connectivity index (χ0n) is 10.0. The van der Waals surface area contributed by atoms with Crippen LogP contribution in [0.1, 0.15) is 31.1 Å². The number of H-pyrrole nitrogens is 1. The van der Waals surface area contributed by atoms with Crippen molar-refractivity contribution in [3.63, 3.8) is 0 Å². The Hall–Kier alpha value is -1.84. The highest BCUT2D eigenvalue weighted by Crippen LogP contribution is 2.48. The number of amides is 1. The average Bonchev–Trinajstić information content (AvgIpc) is 3.10. The van der Waals surface area contributed by atoms with E-state index in [0.29, 0.717) is 12.0 Å². The summed E-state index contributed by atoms with van der Waals surface area (Å²) in [6.45, 7) is 0. The number of carbonyl (C=O) groups excluding carboxylic acids is 1. The van der Waals surface area contributed by atoms with Crippen LogP contribution in [0.4, 0.5) is 0 Å². The first-order valence-electron chi connectivity index (χ1n) is 6.54. The van der Waals surface area contributed by atoms with Crippen molar-refractivity contribution in [2.24, 2.45) is 5.92 Å². The van der Waals surface area contributed by atoms with E-state index in [4.69, 9.17) is 0 Å². The second-order valence-corrected chi connectivity index (χ2v) is 5.36. The molecule has 92 valence electrons. The van der Waals surface area contributed by atoms with Crippen LogP contribution in [0.25, 0.3) is 11.0 Å². The van der Waals surface area contributed by atoms with Crippen LogP contribution in [0.3, 0.4) is 0 Å². The zero-order chi connectivity index (χ0) is 12.1. The summed E-state index contributed by atoms with van der Waals surface area (Å²) in [5.41, 5.74) is 2.04. The van der Waals surface area contributed by atoms with E-state index in [-0.39, 0.29) is 6.04 Å². The van der Waals surface area contributed by atoms with Gasteiger partial charge in [0.1, 0.15) is 5.82 Å². The van der Waals surface area contributed by atoms with Crippen molar-refractivity contribution in [2.75, 3.05) is 0 Å². The molecular formula is C14H15N3O. The lowest BCUT2D eigenvalue weighted by atomic mass is 9.98. The number of hydrogen-bond acceptors (Lipinski definition) is 2. The van der Waals surface area contributed by atoms with Crippen molar-refractivity contribution in [3.8, 4) is 0 Å². The number of fused-ring (bicyclic) bond motifs is 3. The van der Waals surface area contributed by atoms with Gasteiger partial charge in [-0.2, -0.15) is 0 Å². The van der Waals surface area contributed by atoms with E-state index in [1.807, 2.05) is 29.2 Å². The average molecular weight is 241 g/mol. The van der Waals surface area contributed by atoms with Crippen LogP contribution >= 0.6 is 0 Å². The van der Waals surface area contributed by atoms with Crippen LogP contribution < -0.4 is 0 Å². The third kappa shape index (κ3) is 1.26. The Bertz CT molecular complexity index is 573. The first-order valence-corrected chi connectivity index (χ1v) is 6.54. The fraction of sp³-hybridized carbons (Fsp3) is 0.429. The summed E-state index contributed by atoms with van der Waals surface area (Å²) in [4.78, 5) is 21.3. The topological polar surface area (TPSA) is 49.0 Å². The Balaban J connectivity index is 1.79. The molecule has 3 unspecified atom stereocenters. The lowest BCUT2D eigenvalue weighted by molar-refractivity contribution is -0.122. The third-order valence-electron chi connectivity index (χ3n) is 4.44. The molecule has 1 saturated heterocycles. The molecule has 1 aliphatic carbocycles. The second kappa shape index (κ2) is 3.57. The molecule has 1 N–H and O–H groups in total. The highest BCUT2D eigenvalue weighted by atomic mass is 16.1. The van der Waals surface area contributed by atoms with Gasteiger partial charge in [-0.3, -0.25) is 4.79 Å². The molecule has 4 rings (SSSR count). The molecule has 4 nitrogen and oxygen atoms in total. The van der Waals surface area contributed by atoms with Crippen molar-refractivity contribution in [3.05, 3.63) is 30.1 Å². The minimum absolute atomic E-state index is 0.161. The summed E-state index contributed by atoms with van der Waals surface area (Å²) >= 11 is 0. The maximum Gasteiger partial charge on any atom is 0.210 e. The van der Waals surface area contributed by atoms with E-state index < -0.39 is 0 Å².